The van der Waals surface area contributed by atoms with E-state index in [1.54, 1.807) is 14.2 Å². The molecule has 0 aliphatic heterocycles. The third kappa shape index (κ3) is 6.61. The van der Waals surface area contributed by atoms with Crippen molar-refractivity contribution in [3.8, 4) is 17.2 Å². The molecular formula is C30H35N3O4. The van der Waals surface area contributed by atoms with Crippen LogP contribution in [0, 0.1) is 13.8 Å². The molecule has 194 valence electrons. The van der Waals surface area contributed by atoms with E-state index < -0.39 is 0 Å². The molecule has 1 amide bonds. The molecule has 1 N–H and O–H groups in total. The van der Waals surface area contributed by atoms with E-state index in [0.717, 1.165) is 46.7 Å². The minimum Gasteiger partial charge on any atom is -0.493 e. The molecule has 0 unspecified atom stereocenters. The van der Waals surface area contributed by atoms with Crippen LogP contribution in [0.3, 0.4) is 0 Å². The number of aromatic nitrogens is 2. The number of nitrogens with one attached hydrogen (secondary N) is 1. The van der Waals surface area contributed by atoms with Gasteiger partial charge in [-0.2, -0.15) is 0 Å². The second-order valence-electron chi connectivity index (χ2n) is 9.11. The summed E-state index contributed by atoms with van der Waals surface area (Å²) >= 11 is 0. The molecule has 0 aliphatic carbocycles. The van der Waals surface area contributed by atoms with Crippen molar-refractivity contribution in [1.82, 2.24) is 14.9 Å². The largest absolute Gasteiger partial charge is 0.493 e. The third-order valence-corrected chi connectivity index (χ3v) is 6.34. The van der Waals surface area contributed by atoms with Crippen LogP contribution in [0.25, 0.3) is 11.0 Å². The van der Waals surface area contributed by atoms with Crippen molar-refractivity contribution in [2.24, 2.45) is 0 Å². The van der Waals surface area contributed by atoms with Crippen molar-refractivity contribution >= 4 is 16.9 Å². The summed E-state index contributed by atoms with van der Waals surface area (Å²) in [5.41, 5.74) is 5.26. The molecule has 0 saturated heterocycles. The van der Waals surface area contributed by atoms with Crippen LogP contribution in [-0.2, 0) is 24.2 Å². The molecule has 4 rings (SSSR count). The summed E-state index contributed by atoms with van der Waals surface area (Å²) in [6, 6.07) is 19.9. The summed E-state index contributed by atoms with van der Waals surface area (Å²) in [6.45, 7) is 6.06. The molecule has 0 radical (unpaired) electrons. The zero-order valence-corrected chi connectivity index (χ0v) is 22.0. The summed E-state index contributed by atoms with van der Waals surface area (Å²) in [7, 11) is 3.18. The number of amides is 1. The Hall–Kier alpha value is -4.00. The Morgan fingerprint density at radius 2 is 1.76 bits per heavy atom. The van der Waals surface area contributed by atoms with Gasteiger partial charge in [0.25, 0.3) is 0 Å². The normalized spacial score (nSPS) is 10.9. The van der Waals surface area contributed by atoms with Gasteiger partial charge >= 0.3 is 0 Å². The summed E-state index contributed by atoms with van der Waals surface area (Å²) in [4.78, 5) is 17.4. The Balaban J connectivity index is 1.34. The molecular weight excluding hydrogens is 466 g/mol. The summed E-state index contributed by atoms with van der Waals surface area (Å²) in [5.74, 6) is 3.11. The SMILES string of the molecule is COc1ccc(CC(=O)NCCc2nc3ccccc3n2CCCOc2cc(C)ccc2C)cc1OC. The molecule has 0 bridgehead atoms. The molecule has 0 aliphatic rings. The van der Waals surface area contributed by atoms with E-state index in [0.29, 0.717) is 31.1 Å². The number of ether oxygens (including phenoxy) is 3. The topological polar surface area (TPSA) is 74.6 Å². The van der Waals surface area contributed by atoms with Gasteiger partial charge in [0.1, 0.15) is 11.6 Å². The lowest BCUT2D eigenvalue weighted by atomic mass is 10.1. The van der Waals surface area contributed by atoms with Crippen LogP contribution >= 0.6 is 0 Å². The van der Waals surface area contributed by atoms with Crippen LogP contribution in [0.2, 0.25) is 0 Å². The molecule has 7 nitrogen and oxygen atoms in total. The van der Waals surface area contributed by atoms with E-state index in [1.807, 2.05) is 36.4 Å². The molecule has 7 heteroatoms. The summed E-state index contributed by atoms with van der Waals surface area (Å²) in [5, 5.41) is 3.03. The number of nitrogens with zero attached hydrogens (tertiary/aromatic N) is 2. The first kappa shape index (κ1) is 26.1. The molecule has 0 atom stereocenters. The number of benzene rings is 3. The van der Waals surface area contributed by atoms with Gasteiger partial charge in [0.2, 0.25) is 5.91 Å². The first-order valence-corrected chi connectivity index (χ1v) is 12.6. The Morgan fingerprint density at radius 3 is 2.57 bits per heavy atom. The smallest absolute Gasteiger partial charge is 0.224 e. The number of hydrogen-bond acceptors (Lipinski definition) is 5. The van der Waals surface area contributed by atoms with Crippen LogP contribution < -0.4 is 19.5 Å². The lowest BCUT2D eigenvalue weighted by molar-refractivity contribution is -0.120. The Kier molecular flexibility index (Phi) is 8.67. The van der Waals surface area contributed by atoms with Crippen molar-refractivity contribution < 1.29 is 19.0 Å². The highest BCUT2D eigenvalue weighted by Gasteiger charge is 2.12. The number of imidazole rings is 1. The van der Waals surface area contributed by atoms with Gasteiger partial charge in [0.15, 0.2) is 11.5 Å². The molecule has 1 heterocycles. The van der Waals surface area contributed by atoms with Gasteiger partial charge < -0.3 is 24.1 Å². The predicted molar refractivity (Wildman–Crippen MR) is 146 cm³/mol. The Bertz CT molecular complexity index is 1360. The number of carbonyl (C=O) groups excluding carboxylic acids is 1. The van der Waals surface area contributed by atoms with Crippen molar-refractivity contribution in [3.63, 3.8) is 0 Å². The molecule has 0 saturated carbocycles. The van der Waals surface area contributed by atoms with Crippen molar-refractivity contribution in [2.45, 2.75) is 39.7 Å². The average Bonchev–Trinajstić information content (AvgIpc) is 3.25. The molecule has 4 aromatic rings. The van der Waals surface area contributed by atoms with Gasteiger partial charge in [-0.15, -0.1) is 0 Å². The van der Waals surface area contributed by atoms with E-state index in [9.17, 15) is 4.79 Å². The van der Waals surface area contributed by atoms with Crippen LogP contribution in [0.4, 0.5) is 0 Å². The van der Waals surface area contributed by atoms with Gasteiger partial charge in [0.05, 0.1) is 38.3 Å². The number of methoxy groups -OCH3 is 2. The predicted octanol–water partition coefficient (Wildman–Crippen LogP) is 5.04. The lowest BCUT2D eigenvalue weighted by Crippen LogP contribution is -2.28. The lowest BCUT2D eigenvalue weighted by Gasteiger charge is -2.13. The quantitative estimate of drug-likeness (QED) is 0.275. The number of para-hydroxylation sites is 2. The van der Waals surface area contributed by atoms with Crippen molar-refractivity contribution in [3.05, 3.63) is 83.2 Å². The molecule has 37 heavy (non-hydrogen) atoms. The van der Waals surface area contributed by atoms with Gasteiger partial charge in [0, 0.05) is 19.5 Å². The fourth-order valence-electron chi connectivity index (χ4n) is 4.39. The maximum atomic E-state index is 12.6. The monoisotopic (exact) mass is 501 g/mol. The Labute approximate surface area is 218 Å². The summed E-state index contributed by atoms with van der Waals surface area (Å²) < 4.78 is 18.9. The number of rotatable bonds is 12. The minimum atomic E-state index is -0.0446. The first-order valence-electron chi connectivity index (χ1n) is 12.6. The first-order chi connectivity index (χ1) is 18.0. The van der Waals surface area contributed by atoms with Crippen LogP contribution in [0.15, 0.2) is 60.7 Å². The highest BCUT2D eigenvalue weighted by molar-refractivity contribution is 5.79. The van der Waals surface area contributed by atoms with Gasteiger partial charge in [-0.3, -0.25) is 4.79 Å². The van der Waals surface area contributed by atoms with Gasteiger partial charge in [-0.1, -0.05) is 30.3 Å². The minimum absolute atomic E-state index is 0.0446. The average molecular weight is 502 g/mol. The number of fused-ring (bicyclic) bond motifs is 1. The standard InChI is InChI=1S/C30H35N3O4/c1-21-10-11-22(2)27(18-21)37-17-7-16-33-25-9-6-5-8-24(25)32-29(33)14-15-31-30(34)20-23-12-13-26(35-3)28(19-23)36-4/h5-6,8-13,18-19H,7,14-17,20H2,1-4H3,(H,31,34). The maximum absolute atomic E-state index is 12.6. The maximum Gasteiger partial charge on any atom is 0.224 e. The summed E-state index contributed by atoms with van der Waals surface area (Å²) in [6.07, 6.45) is 1.77. The van der Waals surface area contributed by atoms with Crippen LogP contribution in [-0.4, -0.2) is 42.8 Å². The second kappa shape index (κ2) is 12.3. The van der Waals surface area contributed by atoms with Gasteiger partial charge in [-0.05, 0) is 67.3 Å². The molecule has 0 fully saturated rings. The molecule has 1 aromatic heterocycles. The van der Waals surface area contributed by atoms with Crippen LogP contribution in [0.5, 0.6) is 17.2 Å². The van der Waals surface area contributed by atoms with Crippen molar-refractivity contribution in [2.75, 3.05) is 27.4 Å². The second-order valence-corrected chi connectivity index (χ2v) is 9.11. The number of carbonyl (C=O) groups is 1. The highest BCUT2D eigenvalue weighted by Crippen LogP contribution is 2.27. The third-order valence-electron chi connectivity index (χ3n) is 6.34. The van der Waals surface area contributed by atoms with E-state index in [1.165, 1.54) is 5.56 Å². The van der Waals surface area contributed by atoms with E-state index in [4.69, 9.17) is 19.2 Å². The Morgan fingerprint density at radius 1 is 0.946 bits per heavy atom. The van der Waals surface area contributed by atoms with E-state index in [-0.39, 0.29) is 12.3 Å². The fraction of sp³-hybridized carbons (Fsp3) is 0.333. The van der Waals surface area contributed by atoms with E-state index in [2.05, 4.69) is 48.0 Å². The zero-order chi connectivity index (χ0) is 26.2. The highest BCUT2D eigenvalue weighted by atomic mass is 16.5. The zero-order valence-electron chi connectivity index (χ0n) is 22.0. The van der Waals surface area contributed by atoms with Gasteiger partial charge in [-0.25, -0.2) is 4.98 Å². The van der Waals surface area contributed by atoms with Crippen LogP contribution in [0.1, 0.15) is 28.9 Å². The number of hydrogen-bond donors (Lipinski definition) is 1. The van der Waals surface area contributed by atoms with E-state index >= 15 is 0 Å². The van der Waals surface area contributed by atoms with Crippen molar-refractivity contribution in [1.29, 1.82) is 0 Å². The fourth-order valence-corrected chi connectivity index (χ4v) is 4.39. The number of aryl methyl sites for hydroxylation is 3. The molecule has 3 aromatic carbocycles. The molecule has 0 spiro atoms.